The lowest BCUT2D eigenvalue weighted by atomic mass is 9.76. The highest BCUT2D eigenvalue weighted by Crippen LogP contribution is 2.39. The van der Waals surface area contributed by atoms with Crippen LogP contribution in [0.15, 0.2) is 54.6 Å². The first-order chi connectivity index (χ1) is 13.2. The fraction of sp³-hybridized carbons (Fsp3) is 0.429. The zero-order valence-electron chi connectivity index (χ0n) is 16.3. The van der Waals surface area contributed by atoms with Gasteiger partial charge < -0.3 is 15.1 Å². The van der Waals surface area contributed by atoms with Gasteiger partial charge in [-0.15, -0.1) is 0 Å². The quantitative estimate of drug-likeness (QED) is 0.770. The number of phenolic OH excluding ortho intramolecular Hbond substituents is 1. The molecule has 0 unspecified atom stereocenters. The molecule has 0 amide bonds. The first-order valence-electron chi connectivity index (χ1n) is 9.39. The van der Waals surface area contributed by atoms with E-state index in [2.05, 4.69) is 0 Å². The predicted molar refractivity (Wildman–Crippen MR) is 109 cm³/mol. The Morgan fingerprint density at radius 3 is 2.50 bits per heavy atom. The second-order valence-electron chi connectivity index (χ2n) is 7.78. The van der Waals surface area contributed by atoms with Crippen molar-refractivity contribution in [3.63, 3.8) is 0 Å². The topological polar surface area (TPSA) is 81.1 Å². The van der Waals surface area contributed by atoms with Crippen LogP contribution in [0.4, 0.5) is 0 Å². The van der Waals surface area contributed by atoms with Gasteiger partial charge in [-0.25, -0.2) is 12.7 Å². The van der Waals surface area contributed by atoms with Crippen molar-refractivity contribution in [2.45, 2.75) is 17.8 Å². The Hall–Kier alpha value is -1.93. The molecule has 0 spiro atoms. The van der Waals surface area contributed by atoms with Gasteiger partial charge in [0.1, 0.15) is 5.75 Å². The lowest BCUT2D eigenvalue weighted by molar-refractivity contribution is -0.0699. The molecule has 28 heavy (non-hydrogen) atoms. The van der Waals surface area contributed by atoms with Gasteiger partial charge in [0.15, 0.2) is 0 Å². The molecule has 1 aliphatic heterocycles. The summed E-state index contributed by atoms with van der Waals surface area (Å²) in [4.78, 5) is 1.95. The summed E-state index contributed by atoms with van der Waals surface area (Å²) in [6, 6.07) is 15.8. The van der Waals surface area contributed by atoms with Crippen LogP contribution < -0.4 is 0 Å². The Morgan fingerprint density at radius 1 is 1.14 bits per heavy atom. The molecule has 1 aliphatic rings. The number of hydrogen-bond donors (Lipinski definition) is 2. The van der Waals surface area contributed by atoms with E-state index < -0.39 is 15.6 Å². The molecule has 1 saturated heterocycles. The van der Waals surface area contributed by atoms with Gasteiger partial charge in [-0.05, 0) is 43.8 Å². The minimum Gasteiger partial charge on any atom is -0.508 e. The van der Waals surface area contributed by atoms with E-state index >= 15 is 0 Å². The maximum absolute atomic E-state index is 13.0. The van der Waals surface area contributed by atoms with Crippen LogP contribution in [0.3, 0.4) is 0 Å². The number of aliphatic hydroxyl groups is 1. The van der Waals surface area contributed by atoms with E-state index in [0.717, 1.165) is 5.56 Å². The summed E-state index contributed by atoms with van der Waals surface area (Å²) >= 11 is 0. The Balaban J connectivity index is 1.86. The highest BCUT2D eigenvalue weighted by Gasteiger charge is 2.45. The van der Waals surface area contributed by atoms with Crippen molar-refractivity contribution in [1.82, 2.24) is 9.21 Å². The zero-order valence-corrected chi connectivity index (χ0v) is 17.1. The van der Waals surface area contributed by atoms with Crippen molar-refractivity contribution in [1.29, 1.82) is 0 Å². The molecule has 152 valence electrons. The third-order valence-corrected chi connectivity index (χ3v) is 7.18. The van der Waals surface area contributed by atoms with Gasteiger partial charge in [0, 0.05) is 25.6 Å². The minimum absolute atomic E-state index is 0.0485. The summed E-state index contributed by atoms with van der Waals surface area (Å²) in [6.45, 7) is 1.01. The Morgan fingerprint density at radius 2 is 1.86 bits per heavy atom. The molecule has 2 aromatic rings. The first-order valence-corrected chi connectivity index (χ1v) is 11.0. The molecular formula is C21H28N2O4S. The highest BCUT2D eigenvalue weighted by molar-refractivity contribution is 7.88. The predicted octanol–water partition coefficient (Wildman–Crippen LogP) is 1.99. The van der Waals surface area contributed by atoms with Gasteiger partial charge in [-0.2, -0.15) is 0 Å². The van der Waals surface area contributed by atoms with Crippen LogP contribution >= 0.6 is 0 Å². The van der Waals surface area contributed by atoms with E-state index in [1.54, 1.807) is 24.3 Å². The molecule has 2 atom stereocenters. The largest absolute Gasteiger partial charge is 0.508 e. The second kappa shape index (κ2) is 8.21. The molecule has 3 rings (SSSR count). The number of hydrogen-bond acceptors (Lipinski definition) is 5. The number of aromatic hydroxyl groups is 1. The summed E-state index contributed by atoms with van der Waals surface area (Å²) in [5, 5.41) is 21.3. The Bertz CT molecular complexity index is 902. The SMILES string of the molecule is CN(C)C[C@H]1CN(S(=O)(=O)Cc2ccccc2)CC[C@]1(O)c1cccc(O)c1. The molecule has 6 nitrogen and oxygen atoms in total. The van der Waals surface area contributed by atoms with Crippen LogP contribution in [0.5, 0.6) is 5.75 Å². The van der Waals surface area contributed by atoms with E-state index in [1.165, 1.54) is 4.31 Å². The summed E-state index contributed by atoms with van der Waals surface area (Å²) in [5.41, 5.74) is 0.182. The molecule has 7 heteroatoms. The standard InChI is InChI=1S/C21H28N2O4S/c1-22(2)14-19-15-23(28(26,27)16-17-7-4-3-5-8-17)12-11-21(19,25)18-9-6-10-20(24)13-18/h3-10,13,19,24-25H,11-12,14-16H2,1-2H3/t19-,21-/m0/s1. The summed E-state index contributed by atoms with van der Waals surface area (Å²) in [6.07, 6.45) is 0.281. The number of phenols is 1. The fourth-order valence-corrected chi connectivity index (χ4v) is 5.49. The average Bonchev–Trinajstić information content (AvgIpc) is 2.63. The van der Waals surface area contributed by atoms with E-state index in [4.69, 9.17) is 0 Å². The molecule has 0 aromatic heterocycles. The maximum atomic E-state index is 13.0. The highest BCUT2D eigenvalue weighted by atomic mass is 32.2. The van der Waals surface area contributed by atoms with Crippen LogP contribution in [0, 0.1) is 5.92 Å². The van der Waals surface area contributed by atoms with Gasteiger partial charge >= 0.3 is 0 Å². The average molecular weight is 405 g/mol. The first kappa shape index (κ1) is 20.8. The van der Waals surface area contributed by atoms with Crippen LogP contribution in [0.2, 0.25) is 0 Å². The van der Waals surface area contributed by atoms with E-state index in [0.29, 0.717) is 12.1 Å². The van der Waals surface area contributed by atoms with Gasteiger partial charge in [0.2, 0.25) is 10.0 Å². The molecular weight excluding hydrogens is 376 g/mol. The van der Waals surface area contributed by atoms with Crippen molar-refractivity contribution in [3.8, 4) is 5.75 Å². The van der Waals surface area contributed by atoms with Crippen LogP contribution in [-0.4, -0.2) is 61.6 Å². The lowest BCUT2D eigenvalue weighted by Crippen LogP contribution is -2.54. The number of nitrogens with zero attached hydrogens (tertiary/aromatic N) is 2. The maximum Gasteiger partial charge on any atom is 0.218 e. The molecule has 0 aliphatic carbocycles. The third-order valence-electron chi connectivity index (χ3n) is 5.36. The van der Waals surface area contributed by atoms with E-state index in [-0.39, 0.29) is 36.9 Å². The molecule has 2 N–H and O–H groups in total. The minimum atomic E-state index is -3.49. The number of sulfonamides is 1. The van der Waals surface area contributed by atoms with Crippen molar-refractivity contribution >= 4 is 10.0 Å². The van der Waals surface area contributed by atoms with Gasteiger partial charge in [0.25, 0.3) is 0 Å². The molecule has 0 saturated carbocycles. The molecule has 1 heterocycles. The number of benzene rings is 2. The second-order valence-corrected chi connectivity index (χ2v) is 9.75. The van der Waals surface area contributed by atoms with Crippen molar-refractivity contribution < 1.29 is 18.6 Å². The van der Waals surface area contributed by atoms with Crippen molar-refractivity contribution in [3.05, 3.63) is 65.7 Å². The summed E-state index contributed by atoms with van der Waals surface area (Å²) in [5.74, 6) is -0.273. The van der Waals surface area contributed by atoms with E-state index in [9.17, 15) is 18.6 Å². The Labute approximate surface area is 167 Å². The van der Waals surface area contributed by atoms with Crippen molar-refractivity contribution in [2.75, 3.05) is 33.7 Å². The summed E-state index contributed by atoms with van der Waals surface area (Å²) in [7, 11) is 0.315. The van der Waals surface area contributed by atoms with Gasteiger partial charge in [-0.3, -0.25) is 0 Å². The fourth-order valence-electron chi connectivity index (χ4n) is 3.92. The lowest BCUT2D eigenvalue weighted by Gasteiger charge is -2.45. The smallest absolute Gasteiger partial charge is 0.218 e. The number of rotatable bonds is 6. The van der Waals surface area contributed by atoms with Crippen molar-refractivity contribution in [2.24, 2.45) is 5.92 Å². The normalized spacial score (nSPS) is 23.8. The monoisotopic (exact) mass is 404 g/mol. The summed E-state index contributed by atoms with van der Waals surface area (Å²) < 4.78 is 27.4. The molecule has 0 radical (unpaired) electrons. The van der Waals surface area contributed by atoms with Crippen LogP contribution in [-0.2, 0) is 21.4 Å². The molecule has 0 bridgehead atoms. The molecule has 2 aromatic carbocycles. The van der Waals surface area contributed by atoms with Crippen LogP contribution in [0.25, 0.3) is 0 Å². The molecule has 1 fully saturated rings. The third kappa shape index (κ3) is 4.55. The van der Waals surface area contributed by atoms with Gasteiger partial charge in [-0.1, -0.05) is 42.5 Å². The number of piperidine rings is 1. The van der Waals surface area contributed by atoms with E-state index in [1.807, 2.05) is 49.3 Å². The van der Waals surface area contributed by atoms with Gasteiger partial charge in [0.05, 0.1) is 11.4 Å². The van der Waals surface area contributed by atoms with Crippen LogP contribution in [0.1, 0.15) is 17.5 Å². The Kier molecular flexibility index (Phi) is 6.09. The zero-order chi connectivity index (χ0) is 20.4.